The smallest absolute Gasteiger partial charge is 0.264 e. The van der Waals surface area contributed by atoms with E-state index in [1.54, 1.807) is 6.92 Å². The van der Waals surface area contributed by atoms with Crippen LogP contribution in [0.4, 0.5) is 15.8 Å². The third-order valence-electron chi connectivity index (χ3n) is 2.74. The number of sulfonamides is 1. The van der Waals surface area contributed by atoms with Crippen molar-refractivity contribution in [2.75, 3.05) is 10.5 Å². The Balaban J connectivity index is 2.45. The predicted octanol–water partition coefficient (Wildman–Crippen LogP) is 3.82. The van der Waals surface area contributed by atoms with Crippen LogP contribution in [0.1, 0.15) is 5.56 Å². The van der Waals surface area contributed by atoms with Crippen molar-refractivity contribution < 1.29 is 12.8 Å². The summed E-state index contributed by atoms with van der Waals surface area (Å²) in [5, 5.41) is 0.506. The van der Waals surface area contributed by atoms with E-state index >= 15 is 0 Å². The van der Waals surface area contributed by atoms with Crippen molar-refractivity contribution in [1.82, 2.24) is 0 Å². The SMILES string of the molecule is Cc1cc(Cl)c(NS(=O)(=O)c2ccc(N)cc2F)cc1Cl. The van der Waals surface area contributed by atoms with Gasteiger partial charge in [0.05, 0.1) is 10.7 Å². The molecule has 2 aromatic rings. The van der Waals surface area contributed by atoms with Crippen LogP contribution >= 0.6 is 23.2 Å². The average molecular weight is 349 g/mol. The molecule has 4 nitrogen and oxygen atoms in total. The molecular weight excluding hydrogens is 338 g/mol. The monoisotopic (exact) mass is 348 g/mol. The Morgan fingerprint density at radius 2 is 1.81 bits per heavy atom. The fourth-order valence-corrected chi connectivity index (χ4v) is 3.28. The lowest BCUT2D eigenvalue weighted by atomic mass is 10.2. The van der Waals surface area contributed by atoms with Gasteiger partial charge in [-0.25, -0.2) is 12.8 Å². The second-order valence-corrected chi connectivity index (χ2v) is 6.84. The van der Waals surface area contributed by atoms with E-state index in [1.165, 1.54) is 18.2 Å². The first kappa shape index (κ1) is 15.9. The molecular formula is C13H11Cl2FN2O2S. The highest BCUT2D eigenvalue weighted by atomic mass is 35.5. The molecule has 8 heteroatoms. The third kappa shape index (κ3) is 3.40. The minimum atomic E-state index is -4.14. The molecule has 0 atom stereocenters. The molecule has 0 saturated carbocycles. The molecule has 2 aromatic carbocycles. The topological polar surface area (TPSA) is 72.2 Å². The number of rotatable bonds is 3. The number of benzene rings is 2. The van der Waals surface area contributed by atoms with Crippen molar-refractivity contribution >= 4 is 44.6 Å². The number of hydrogen-bond donors (Lipinski definition) is 2. The van der Waals surface area contributed by atoms with Crippen LogP contribution in [0.2, 0.25) is 10.0 Å². The molecule has 112 valence electrons. The van der Waals surface area contributed by atoms with Crippen LogP contribution in [0.3, 0.4) is 0 Å². The zero-order valence-corrected chi connectivity index (χ0v) is 13.2. The Morgan fingerprint density at radius 3 is 2.43 bits per heavy atom. The zero-order chi connectivity index (χ0) is 15.8. The highest BCUT2D eigenvalue weighted by molar-refractivity contribution is 7.92. The number of hydrogen-bond acceptors (Lipinski definition) is 3. The first-order valence-electron chi connectivity index (χ1n) is 5.74. The Labute approximate surface area is 131 Å². The standard InChI is InChI=1S/C13H11Cl2FN2O2S/c1-7-4-10(15)12(6-9(7)14)18-21(19,20)13-3-2-8(17)5-11(13)16/h2-6,18H,17H2,1H3. The lowest BCUT2D eigenvalue weighted by Crippen LogP contribution is -2.15. The molecule has 0 heterocycles. The molecule has 0 spiro atoms. The number of nitrogen functional groups attached to an aromatic ring is 1. The van der Waals surface area contributed by atoms with E-state index in [-0.39, 0.29) is 16.4 Å². The molecule has 0 unspecified atom stereocenters. The maximum atomic E-state index is 13.7. The molecule has 21 heavy (non-hydrogen) atoms. The van der Waals surface area contributed by atoms with Crippen LogP contribution < -0.4 is 10.5 Å². The summed E-state index contributed by atoms with van der Waals surface area (Å²) in [6.07, 6.45) is 0. The quantitative estimate of drug-likeness (QED) is 0.828. The number of halogens is 3. The van der Waals surface area contributed by atoms with Gasteiger partial charge in [0.1, 0.15) is 10.7 Å². The maximum absolute atomic E-state index is 13.7. The minimum Gasteiger partial charge on any atom is -0.399 e. The van der Waals surface area contributed by atoms with Crippen molar-refractivity contribution in [3.8, 4) is 0 Å². The summed E-state index contributed by atoms with van der Waals surface area (Å²) < 4.78 is 40.3. The zero-order valence-electron chi connectivity index (χ0n) is 10.8. The Bertz CT molecular complexity index is 810. The number of nitrogens with one attached hydrogen (secondary N) is 1. The van der Waals surface area contributed by atoms with Crippen molar-refractivity contribution in [2.24, 2.45) is 0 Å². The summed E-state index contributed by atoms with van der Waals surface area (Å²) in [5.41, 5.74) is 6.29. The van der Waals surface area contributed by atoms with E-state index in [9.17, 15) is 12.8 Å². The fourth-order valence-electron chi connectivity index (χ4n) is 1.66. The number of aryl methyl sites for hydroxylation is 1. The molecule has 0 bridgehead atoms. The van der Waals surface area contributed by atoms with Crippen LogP contribution in [-0.2, 0) is 10.0 Å². The molecule has 0 saturated heterocycles. The van der Waals surface area contributed by atoms with E-state index in [4.69, 9.17) is 28.9 Å². The first-order chi connectivity index (χ1) is 9.70. The maximum Gasteiger partial charge on any atom is 0.264 e. The summed E-state index contributed by atoms with van der Waals surface area (Å²) >= 11 is 11.9. The van der Waals surface area contributed by atoms with Crippen molar-refractivity contribution in [1.29, 1.82) is 0 Å². The van der Waals surface area contributed by atoms with Crippen molar-refractivity contribution in [2.45, 2.75) is 11.8 Å². The van der Waals surface area contributed by atoms with Gasteiger partial charge in [-0.05, 0) is 42.8 Å². The van der Waals surface area contributed by atoms with Crippen molar-refractivity contribution in [3.05, 3.63) is 51.8 Å². The second kappa shape index (κ2) is 5.71. The van der Waals surface area contributed by atoms with Gasteiger partial charge in [0.25, 0.3) is 10.0 Å². The lowest BCUT2D eigenvalue weighted by Gasteiger charge is -2.12. The van der Waals surface area contributed by atoms with Gasteiger partial charge >= 0.3 is 0 Å². The van der Waals surface area contributed by atoms with Gasteiger partial charge in [0.15, 0.2) is 0 Å². The van der Waals surface area contributed by atoms with Crippen molar-refractivity contribution in [3.63, 3.8) is 0 Å². The van der Waals surface area contributed by atoms with Crippen LogP contribution in [0, 0.1) is 12.7 Å². The van der Waals surface area contributed by atoms with Gasteiger partial charge in [-0.3, -0.25) is 4.72 Å². The van der Waals surface area contributed by atoms with E-state index in [2.05, 4.69) is 4.72 Å². The fraction of sp³-hybridized carbons (Fsp3) is 0.0769. The van der Waals surface area contributed by atoms with E-state index in [1.807, 2.05) is 0 Å². The largest absolute Gasteiger partial charge is 0.399 e. The normalized spacial score (nSPS) is 11.4. The summed E-state index contributed by atoms with van der Waals surface area (Å²) in [5.74, 6) is -0.947. The third-order valence-corrected chi connectivity index (χ3v) is 4.86. The van der Waals surface area contributed by atoms with Gasteiger partial charge in [-0.2, -0.15) is 0 Å². The lowest BCUT2D eigenvalue weighted by molar-refractivity contribution is 0.571. The van der Waals surface area contributed by atoms with Gasteiger partial charge < -0.3 is 5.73 Å². The highest BCUT2D eigenvalue weighted by Crippen LogP contribution is 2.31. The first-order valence-corrected chi connectivity index (χ1v) is 7.98. The molecule has 0 fully saturated rings. The van der Waals surface area contributed by atoms with Crippen LogP contribution in [0.15, 0.2) is 35.2 Å². The van der Waals surface area contributed by atoms with Gasteiger partial charge in [-0.15, -0.1) is 0 Å². The minimum absolute atomic E-state index is 0.0727. The molecule has 0 amide bonds. The Kier molecular flexibility index (Phi) is 4.32. The average Bonchev–Trinajstić information content (AvgIpc) is 2.35. The summed E-state index contributed by atoms with van der Waals surface area (Å²) in [7, 11) is -4.14. The summed E-state index contributed by atoms with van der Waals surface area (Å²) in [4.78, 5) is -0.524. The number of nitrogens with two attached hydrogens (primary N) is 1. The number of anilines is 2. The Morgan fingerprint density at radius 1 is 1.14 bits per heavy atom. The molecule has 0 aliphatic heterocycles. The molecule has 3 N–H and O–H groups in total. The molecule has 0 aromatic heterocycles. The van der Waals surface area contributed by atoms with Gasteiger partial charge in [0, 0.05) is 10.7 Å². The second-order valence-electron chi connectivity index (χ2n) is 4.38. The molecule has 2 rings (SSSR count). The summed E-state index contributed by atoms with van der Waals surface area (Å²) in [6, 6.07) is 6.18. The van der Waals surface area contributed by atoms with Gasteiger partial charge in [-0.1, -0.05) is 23.2 Å². The highest BCUT2D eigenvalue weighted by Gasteiger charge is 2.20. The van der Waals surface area contributed by atoms with Gasteiger partial charge in [0.2, 0.25) is 0 Å². The van der Waals surface area contributed by atoms with Crippen LogP contribution in [0.5, 0.6) is 0 Å². The predicted molar refractivity (Wildman–Crippen MR) is 82.8 cm³/mol. The molecule has 0 radical (unpaired) electrons. The molecule has 0 aliphatic carbocycles. The molecule has 0 aliphatic rings. The Hall–Kier alpha value is -1.50. The van der Waals surface area contributed by atoms with E-state index < -0.39 is 20.7 Å². The summed E-state index contributed by atoms with van der Waals surface area (Å²) in [6.45, 7) is 1.73. The van der Waals surface area contributed by atoms with Crippen LogP contribution in [-0.4, -0.2) is 8.42 Å². The van der Waals surface area contributed by atoms with E-state index in [0.717, 1.165) is 12.1 Å². The van der Waals surface area contributed by atoms with Crippen LogP contribution in [0.25, 0.3) is 0 Å². The van der Waals surface area contributed by atoms with E-state index in [0.29, 0.717) is 10.6 Å².